The molecule has 1 atom stereocenters. The van der Waals surface area contributed by atoms with Gasteiger partial charge in [0.2, 0.25) is 0 Å². The molecule has 5 heteroatoms. The van der Waals surface area contributed by atoms with E-state index in [9.17, 15) is 8.42 Å². The Balaban J connectivity index is 2.56. The van der Waals surface area contributed by atoms with Gasteiger partial charge in [0.1, 0.15) is 0 Å². The van der Waals surface area contributed by atoms with Gasteiger partial charge in [-0.05, 0) is 26.3 Å². The lowest BCUT2D eigenvalue weighted by Crippen LogP contribution is -2.51. The summed E-state index contributed by atoms with van der Waals surface area (Å²) in [5.74, 6) is 0.630. The molecule has 0 aliphatic carbocycles. The summed E-state index contributed by atoms with van der Waals surface area (Å²) in [6.45, 7) is 4.95. The van der Waals surface area contributed by atoms with E-state index >= 15 is 0 Å². The molecule has 1 saturated heterocycles. The number of sulfone groups is 1. The average Bonchev–Trinajstić information content (AvgIpc) is 2.58. The molecule has 4 nitrogen and oxygen atoms in total. The Morgan fingerprint density at radius 2 is 1.94 bits per heavy atom. The summed E-state index contributed by atoms with van der Waals surface area (Å²) in [6.07, 6.45) is 2.60. The fourth-order valence-electron chi connectivity index (χ4n) is 2.22. The van der Waals surface area contributed by atoms with Gasteiger partial charge in [0.15, 0.2) is 9.84 Å². The van der Waals surface area contributed by atoms with Gasteiger partial charge < -0.3 is 10.6 Å². The first-order chi connectivity index (χ1) is 7.32. The van der Waals surface area contributed by atoms with E-state index < -0.39 is 9.84 Å². The first-order valence-corrected chi connectivity index (χ1v) is 7.83. The number of hydrogen-bond donors (Lipinski definition) is 1. The number of rotatable bonds is 5. The van der Waals surface area contributed by atoms with Crippen molar-refractivity contribution in [1.82, 2.24) is 4.90 Å². The van der Waals surface area contributed by atoms with Crippen LogP contribution >= 0.6 is 0 Å². The Morgan fingerprint density at radius 1 is 1.38 bits per heavy atom. The monoisotopic (exact) mass is 248 g/mol. The third-order valence-corrected chi connectivity index (χ3v) is 5.55. The lowest BCUT2D eigenvalue weighted by Gasteiger charge is -2.34. The van der Waals surface area contributed by atoms with Crippen LogP contribution in [0.15, 0.2) is 0 Å². The smallest absolute Gasteiger partial charge is 0.151 e. The Labute approximate surface area is 99.1 Å². The second kappa shape index (κ2) is 5.02. The first kappa shape index (κ1) is 13.9. The normalized spacial score (nSPS) is 25.2. The van der Waals surface area contributed by atoms with Crippen molar-refractivity contribution in [2.75, 3.05) is 25.1 Å². The fourth-order valence-corrected chi connectivity index (χ4v) is 4.03. The number of likely N-dealkylation sites (N-methyl/N-ethyl adjacent to an activating group) is 1. The maximum Gasteiger partial charge on any atom is 0.151 e. The van der Waals surface area contributed by atoms with Crippen molar-refractivity contribution >= 4 is 9.84 Å². The van der Waals surface area contributed by atoms with Gasteiger partial charge in [-0.1, -0.05) is 13.8 Å². The van der Waals surface area contributed by atoms with Crippen molar-refractivity contribution in [3.8, 4) is 0 Å². The van der Waals surface area contributed by atoms with Crippen LogP contribution in [-0.2, 0) is 9.84 Å². The third-order valence-electron chi connectivity index (χ3n) is 3.80. The second-order valence-electron chi connectivity index (χ2n) is 5.04. The van der Waals surface area contributed by atoms with Crippen LogP contribution in [0.4, 0.5) is 0 Å². The van der Waals surface area contributed by atoms with Gasteiger partial charge in [0.05, 0.1) is 11.5 Å². The molecule has 0 amide bonds. The van der Waals surface area contributed by atoms with Gasteiger partial charge in [-0.3, -0.25) is 0 Å². The van der Waals surface area contributed by atoms with E-state index in [4.69, 9.17) is 5.73 Å². The van der Waals surface area contributed by atoms with Crippen LogP contribution < -0.4 is 5.73 Å². The van der Waals surface area contributed by atoms with Gasteiger partial charge in [-0.15, -0.1) is 0 Å². The van der Waals surface area contributed by atoms with Crippen molar-refractivity contribution in [1.29, 1.82) is 0 Å². The molecule has 1 aliphatic rings. The van der Waals surface area contributed by atoms with Crippen LogP contribution in [0.1, 0.15) is 33.1 Å². The Hall–Kier alpha value is -0.130. The number of nitrogens with two attached hydrogens (primary N) is 1. The highest BCUT2D eigenvalue weighted by molar-refractivity contribution is 7.91. The topological polar surface area (TPSA) is 63.4 Å². The molecular formula is C11H24N2O2S. The minimum absolute atomic E-state index is 0.158. The third kappa shape index (κ3) is 3.43. The SMILES string of the molecule is CCC(N)(CC)CN(C)C1CCS(=O)(=O)C1. The average molecular weight is 248 g/mol. The van der Waals surface area contributed by atoms with E-state index in [0.717, 1.165) is 25.8 Å². The molecular weight excluding hydrogens is 224 g/mol. The summed E-state index contributed by atoms with van der Waals surface area (Å²) >= 11 is 0. The maximum absolute atomic E-state index is 11.4. The molecule has 1 rings (SSSR count). The quantitative estimate of drug-likeness (QED) is 0.775. The molecule has 1 fully saturated rings. The summed E-state index contributed by atoms with van der Waals surface area (Å²) in [5, 5.41) is 0. The Kier molecular flexibility index (Phi) is 4.37. The molecule has 0 aromatic rings. The Bertz CT molecular complexity index is 323. The van der Waals surface area contributed by atoms with Gasteiger partial charge in [0.25, 0.3) is 0 Å². The largest absolute Gasteiger partial charge is 0.324 e. The highest BCUT2D eigenvalue weighted by Gasteiger charge is 2.33. The lowest BCUT2D eigenvalue weighted by molar-refractivity contribution is 0.192. The van der Waals surface area contributed by atoms with Crippen molar-refractivity contribution in [3.05, 3.63) is 0 Å². The minimum atomic E-state index is -2.79. The molecule has 0 bridgehead atoms. The number of nitrogens with zero attached hydrogens (tertiary/aromatic N) is 1. The standard InChI is InChI=1S/C11H24N2O2S/c1-4-11(12,5-2)9-13(3)10-6-7-16(14,15)8-10/h10H,4-9,12H2,1-3H3. The van der Waals surface area contributed by atoms with E-state index in [1.807, 2.05) is 7.05 Å². The lowest BCUT2D eigenvalue weighted by atomic mass is 9.93. The van der Waals surface area contributed by atoms with E-state index in [2.05, 4.69) is 18.7 Å². The first-order valence-electron chi connectivity index (χ1n) is 6.01. The summed E-state index contributed by atoms with van der Waals surface area (Å²) < 4.78 is 22.8. The molecule has 1 aliphatic heterocycles. The van der Waals surface area contributed by atoms with Gasteiger partial charge in [-0.2, -0.15) is 0 Å². The molecule has 0 aromatic heterocycles. The predicted molar refractivity (Wildman–Crippen MR) is 67.2 cm³/mol. The zero-order chi connectivity index (χ0) is 12.4. The highest BCUT2D eigenvalue weighted by Crippen LogP contribution is 2.20. The second-order valence-corrected chi connectivity index (χ2v) is 7.27. The van der Waals surface area contributed by atoms with Crippen molar-refractivity contribution in [2.45, 2.75) is 44.7 Å². The van der Waals surface area contributed by atoms with Gasteiger partial charge in [0, 0.05) is 18.1 Å². The molecule has 96 valence electrons. The van der Waals surface area contributed by atoms with Gasteiger partial charge in [-0.25, -0.2) is 8.42 Å². The number of hydrogen-bond acceptors (Lipinski definition) is 4. The van der Waals surface area contributed by atoms with Crippen molar-refractivity contribution in [3.63, 3.8) is 0 Å². The Morgan fingerprint density at radius 3 is 2.31 bits per heavy atom. The van der Waals surface area contributed by atoms with Crippen molar-refractivity contribution < 1.29 is 8.42 Å². The summed E-state index contributed by atoms with van der Waals surface area (Å²) in [5.41, 5.74) is 6.06. The van der Waals surface area contributed by atoms with E-state index in [-0.39, 0.29) is 11.6 Å². The molecule has 16 heavy (non-hydrogen) atoms. The molecule has 0 aromatic carbocycles. The van der Waals surface area contributed by atoms with Crippen molar-refractivity contribution in [2.24, 2.45) is 5.73 Å². The summed E-state index contributed by atoms with van der Waals surface area (Å²) in [4.78, 5) is 2.12. The zero-order valence-corrected chi connectivity index (χ0v) is 11.4. The molecule has 0 spiro atoms. The minimum Gasteiger partial charge on any atom is -0.324 e. The van der Waals surface area contributed by atoms with Crippen LogP contribution in [0.5, 0.6) is 0 Å². The van der Waals surface area contributed by atoms with Crippen LogP contribution in [0.3, 0.4) is 0 Å². The van der Waals surface area contributed by atoms with E-state index in [1.54, 1.807) is 0 Å². The molecule has 0 radical (unpaired) electrons. The zero-order valence-electron chi connectivity index (χ0n) is 10.6. The van der Waals surface area contributed by atoms with Gasteiger partial charge >= 0.3 is 0 Å². The van der Waals surface area contributed by atoms with Crippen LogP contribution in [0.25, 0.3) is 0 Å². The molecule has 2 N–H and O–H groups in total. The fraction of sp³-hybridized carbons (Fsp3) is 1.00. The highest BCUT2D eigenvalue weighted by atomic mass is 32.2. The molecule has 1 heterocycles. The van der Waals surface area contributed by atoms with Crippen LogP contribution in [0, 0.1) is 0 Å². The van der Waals surface area contributed by atoms with E-state index in [0.29, 0.717) is 11.5 Å². The molecule has 1 unspecified atom stereocenters. The summed E-state index contributed by atoms with van der Waals surface area (Å²) in [7, 11) is -0.807. The van der Waals surface area contributed by atoms with Crippen LogP contribution in [-0.4, -0.2) is 50.0 Å². The predicted octanol–water partition coefficient (Wildman–Crippen LogP) is 0.623. The maximum atomic E-state index is 11.4. The molecule has 0 saturated carbocycles. The van der Waals surface area contributed by atoms with E-state index in [1.165, 1.54) is 0 Å². The van der Waals surface area contributed by atoms with Crippen LogP contribution in [0.2, 0.25) is 0 Å². The summed E-state index contributed by atoms with van der Waals surface area (Å²) in [6, 6.07) is 0.158.